The Labute approximate surface area is 198 Å². The number of methoxy groups -OCH3 is 1. The molecule has 0 saturated carbocycles. The second-order valence-corrected chi connectivity index (χ2v) is 8.00. The highest BCUT2D eigenvalue weighted by molar-refractivity contribution is 6.04. The minimum Gasteiger partial charge on any atom is -0.497 e. The third-order valence-electron chi connectivity index (χ3n) is 5.42. The molecule has 4 aromatic rings. The van der Waals surface area contributed by atoms with Crippen LogP contribution in [0.4, 0.5) is 11.5 Å². The summed E-state index contributed by atoms with van der Waals surface area (Å²) in [6.07, 6.45) is 0. The number of hydrogen-bond donors (Lipinski definition) is 2. The van der Waals surface area contributed by atoms with Gasteiger partial charge in [-0.1, -0.05) is 29.8 Å². The van der Waals surface area contributed by atoms with Crippen LogP contribution < -0.4 is 15.4 Å². The molecular formula is C27H26N4O3. The number of anilines is 2. The van der Waals surface area contributed by atoms with E-state index in [1.165, 1.54) is 6.92 Å². The van der Waals surface area contributed by atoms with Gasteiger partial charge in [0.25, 0.3) is 5.91 Å². The summed E-state index contributed by atoms with van der Waals surface area (Å²) in [6, 6.07) is 22.3. The quantitative estimate of drug-likeness (QED) is 0.410. The Morgan fingerprint density at radius 2 is 1.50 bits per heavy atom. The number of hydrogen-bond acceptors (Lipinski definition) is 4. The molecule has 3 aromatic carbocycles. The Balaban J connectivity index is 1.63. The standard InChI is InChI=1S/C27H26N4O3/c1-17-5-7-20(8-6-17)25-18(2)30-31(26(25)28-19(3)32)23-13-9-21(10-14-23)27(33)29-22-11-15-24(34-4)16-12-22/h5-16H,1-4H3,(H,28,32)(H,29,33). The number of carbonyl (C=O) groups is 2. The van der Waals surface area contributed by atoms with E-state index < -0.39 is 0 Å². The lowest BCUT2D eigenvalue weighted by molar-refractivity contribution is -0.114. The first-order valence-electron chi connectivity index (χ1n) is 10.9. The molecule has 0 saturated heterocycles. The lowest BCUT2D eigenvalue weighted by Crippen LogP contribution is -2.13. The molecule has 0 unspecified atom stereocenters. The van der Waals surface area contributed by atoms with Crippen LogP contribution in [0.25, 0.3) is 16.8 Å². The molecule has 0 aliphatic rings. The van der Waals surface area contributed by atoms with Crippen molar-refractivity contribution < 1.29 is 14.3 Å². The van der Waals surface area contributed by atoms with Crippen molar-refractivity contribution >= 4 is 23.3 Å². The van der Waals surface area contributed by atoms with Gasteiger partial charge in [-0.2, -0.15) is 5.10 Å². The zero-order chi connectivity index (χ0) is 24.2. The fraction of sp³-hybridized carbons (Fsp3) is 0.148. The van der Waals surface area contributed by atoms with Crippen molar-refractivity contribution in [2.24, 2.45) is 0 Å². The minimum atomic E-state index is -0.226. The number of benzene rings is 3. The molecule has 0 fully saturated rings. The Kier molecular flexibility index (Phi) is 6.45. The van der Waals surface area contributed by atoms with Crippen molar-refractivity contribution in [3.63, 3.8) is 0 Å². The van der Waals surface area contributed by atoms with Crippen LogP contribution in [-0.2, 0) is 4.79 Å². The van der Waals surface area contributed by atoms with Crippen molar-refractivity contribution in [2.45, 2.75) is 20.8 Å². The molecule has 2 amide bonds. The minimum absolute atomic E-state index is 0.190. The van der Waals surface area contributed by atoms with E-state index in [1.807, 2.05) is 38.1 Å². The summed E-state index contributed by atoms with van der Waals surface area (Å²) in [5.41, 5.74) is 5.67. The van der Waals surface area contributed by atoms with E-state index in [9.17, 15) is 9.59 Å². The summed E-state index contributed by atoms with van der Waals surface area (Å²) in [4.78, 5) is 24.7. The van der Waals surface area contributed by atoms with Gasteiger partial charge >= 0.3 is 0 Å². The molecule has 0 bridgehead atoms. The normalized spacial score (nSPS) is 10.6. The van der Waals surface area contributed by atoms with E-state index in [0.717, 1.165) is 33.8 Å². The summed E-state index contributed by atoms with van der Waals surface area (Å²) in [6.45, 7) is 5.41. The summed E-state index contributed by atoms with van der Waals surface area (Å²) in [5, 5.41) is 10.5. The zero-order valence-electron chi connectivity index (χ0n) is 19.5. The monoisotopic (exact) mass is 454 g/mol. The molecule has 1 heterocycles. The lowest BCUT2D eigenvalue weighted by Gasteiger charge is -2.11. The fourth-order valence-corrected chi connectivity index (χ4v) is 3.69. The van der Waals surface area contributed by atoms with Crippen LogP contribution in [0.1, 0.15) is 28.5 Å². The maximum absolute atomic E-state index is 12.7. The first-order valence-corrected chi connectivity index (χ1v) is 10.9. The molecule has 2 N–H and O–H groups in total. The molecule has 0 spiro atoms. The Bertz CT molecular complexity index is 1320. The zero-order valence-corrected chi connectivity index (χ0v) is 19.5. The smallest absolute Gasteiger partial charge is 0.255 e. The SMILES string of the molecule is COc1ccc(NC(=O)c2ccc(-n3nc(C)c(-c4ccc(C)cc4)c3NC(C)=O)cc2)cc1. The molecule has 1 aromatic heterocycles. The first kappa shape index (κ1) is 22.8. The lowest BCUT2D eigenvalue weighted by atomic mass is 10.0. The van der Waals surface area contributed by atoms with E-state index in [0.29, 0.717) is 17.1 Å². The second kappa shape index (κ2) is 9.62. The highest BCUT2D eigenvalue weighted by Gasteiger charge is 2.19. The molecular weight excluding hydrogens is 428 g/mol. The molecule has 7 heteroatoms. The van der Waals surface area contributed by atoms with Gasteiger partial charge in [0, 0.05) is 23.7 Å². The van der Waals surface area contributed by atoms with Gasteiger partial charge < -0.3 is 15.4 Å². The summed E-state index contributed by atoms with van der Waals surface area (Å²) in [7, 11) is 1.59. The number of carbonyl (C=O) groups excluding carboxylic acids is 2. The van der Waals surface area contributed by atoms with E-state index in [2.05, 4.69) is 15.7 Å². The number of nitrogens with zero attached hydrogens (tertiary/aromatic N) is 2. The highest BCUT2D eigenvalue weighted by Crippen LogP contribution is 2.33. The van der Waals surface area contributed by atoms with E-state index in [1.54, 1.807) is 60.3 Å². The van der Waals surface area contributed by atoms with Gasteiger partial charge in [0.2, 0.25) is 5.91 Å². The highest BCUT2D eigenvalue weighted by atomic mass is 16.5. The van der Waals surface area contributed by atoms with Crippen molar-refractivity contribution in [3.8, 4) is 22.6 Å². The summed E-state index contributed by atoms with van der Waals surface area (Å²) in [5.74, 6) is 0.891. The molecule has 34 heavy (non-hydrogen) atoms. The number of rotatable bonds is 6. The fourth-order valence-electron chi connectivity index (χ4n) is 3.69. The largest absolute Gasteiger partial charge is 0.497 e. The molecule has 0 radical (unpaired) electrons. The Morgan fingerprint density at radius 3 is 2.09 bits per heavy atom. The topological polar surface area (TPSA) is 85.2 Å². The predicted molar refractivity (Wildman–Crippen MR) is 134 cm³/mol. The van der Waals surface area contributed by atoms with Gasteiger partial charge in [-0.05, 0) is 67.9 Å². The maximum Gasteiger partial charge on any atom is 0.255 e. The Hall–Kier alpha value is -4.39. The Morgan fingerprint density at radius 1 is 0.853 bits per heavy atom. The molecule has 0 aliphatic heterocycles. The van der Waals surface area contributed by atoms with Crippen LogP contribution >= 0.6 is 0 Å². The van der Waals surface area contributed by atoms with Crippen LogP contribution in [0.5, 0.6) is 5.75 Å². The van der Waals surface area contributed by atoms with Crippen molar-refractivity contribution in [1.82, 2.24) is 9.78 Å². The van der Waals surface area contributed by atoms with E-state index >= 15 is 0 Å². The number of ether oxygens (including phenoxy) is 1. The number of aryl methyl sites for hydroxylation is 2. The van der Waals surface area contributed by atoms with Crippen LogP contribution in [0, 0.1) is 13.8 Å². The van der Waals surface area contributed by atoms with Gasteiger partial charge in [0.05, 0.1) is 18.5 Å². The van der Waals surface area contributed by atoms with Gasteiger partial charge in [-0.3, -0.25) is 9.59 Å². The van der Waals surface area contributed by atoms with Gasteiger partial charge in [0.1, 0.15) is 11.6 Å². The third kappa shape index (κ3) is 4.83. The van der Waals surface area contributed by atoms with Crippen LogP contribution in [0.3, 0.4) is 0 Å². The second-order valence-electron chi connectivity index (χ2n) is 8.00. The van der Waals surface area contributed by atoms with Gasteiger partial charge in [0.15, 0.2) is 0 Å². The number of aromatic nitrogens is 2. The van der Waals surface area contributed by atoms with E-state index in [-0.39, 0.29) is 11.8 Å². The van der Waals surface area contributed by atoms with Crippen LogP contribution in [0.15, 0.2) is 72.8 Å². The average molecular weight is 455 g/mol. The van der Waals surface area contributed by atoms with Crippen molar-refractivity contribution in [3.05, 3.63) is 89.6 Å². The molecule has 7 nitrogen and oxygen atoms in total. The van der Waals surface area contributed by atoms with Gasteiger partial charge in [-0.25, -0.2) is 4.68 Å². The van der Waals surface area contributed by atoms with E-state index in [4.69, 9.17) is 4.74 Å². The molecule has 172 valence electrons. The summed E-state index contributed by atoms with van der Waals surface area (Å²) < 4.78 is 6.84. The first-order chi connectivity index (χ1) is 16.4. The van der Waals surface area contributed by atoms with Gasteiger partial charge in [-0.15, -0.1) is 0 Å². The predicted octanol–water partition coefficient (Wildman–Crippen LogP) is 5.38. The maximum atomic E-state index is 12.7. The van der Waals surface area contributed by atoms with Crippen LogP contribution in [0.2, 0.25) is 0 Å². The van der Waals surface area contributed by atoms with Crippen LogP contribution in [-0.4, -0.2) is 28.7 Å². The average Bonchev–Trinajstić information content (AvgIpc) is 3.15. The van der Waals surface area contributed by atoms with Crippen molar-refractivity contribution in [2.75, 3.05) is 17.7 Å². The third-order valence-corrected chi connectivity index (χ3v) is 5.42. The summed E-state index contributed by atoms with van der Waals surface area (Å²) >= 11 is 0. The molecule has 0 atom stereocenters. The van der Waals surface area contributed by atoms with Crippen molar-refractivity contribution in [1.29, 1.82) is 0 Å². The number of amides is 2. The molecule has 0 aliphatic carbocycles. The number of nitrogens with one attached hydrogen (secondary N) is 2. The molecule has 4 rings (SSSR count).